The molecule has 5 aromatic heterocycles. The molecular formula is C28H30N8O. The van der Waals surface area contributed by atoms with Gasteiger partial charge in [0.2, 0.25) is 5.91 Å². The van der Waals surface area contributed by atoms with Gasteiger partial charge in [-0.3, -0.25) is 14.9 Å². The predicted octanol–water partition coefficient (Wildman–Crippen LogP) is 5.68. The number of nitrogens with one attached hydrogen (secondary N) is 3. The van der Waals surface area contributed by atoms with Crippen molar-refractivity contribution < 1.29 is 4.79 Å². The highest BCUT2D eigenvalue weighted by Crippen LogP contribution is 2.34. The van der Waals surface area contributed by atoms with Crippen molar-refractivity contribution in [1.82, 2.24) is 30.1 Å². The Balaban J connectivity index is 1.34. The third-order valence-corrected chi connectivity index (χ3v) is 6.99. The van der Waals surface area contributed by atoms with Crippen molar-refractivity contribution in [3.05, 3.63) is 49.1 Å². The number of amides is 1. The van der Waals surface area contributed by atoms with Crippen LogP contribution in [0, 0.1) is 0 Å². The lowest BCUT2D eigenvalue weighted by Gasteiger charge is -2.29. The summed E-state index contributed by atoms with van der Waals surface area (Å²) in [6.45, 7) is 4.22. The van der Waals surface area contributed by atoms with E-state index in [4.69, 9.17) is 0 Å². The van der Waals surface area contributed by atoms with Crippen LogP contribution in [0.25, 0.3) is 44.6 Å². The fourth-order valence-electron chi connectivity index (χ4n) is 5.04. The number of carbonyl (C=O) groups excluding carboxylic acids is 1. The summed E-state index contributed by atoms with van der Waals surface area (Å²) in [5, 5.41) is 12.6. The van der Waals surface area contributed by atoms with E-state index in [2.05, 4.69) is 65.5 Å². The van der Waals surface area contributed by atoms with E-state index < -0.39 is 0 Å². The molecule has 0 atom stereocenters. The number of piperidine rings is 1. The van der Waals surface area contributed by atoms with Gasteiger partial charge in [-0.2, -0.15) is 5.10 Å². The number of hydrogen-bond donors (Lipinski definition) is 3. The molecule has 5 aromatic rings. The second kappa shape index (κ2) is 10.0. The van der Waals surface area contributed by atoms with E-state index in [1.165, 1.54) is 24.9 Å². The Kier molecular flexibility index (Phi) is 6.26. The van der Waals surface area contributed by atoms with E-state index in [1.54, 1.807) is 18.6 Å². The third kappa shape index (κ3) is 4.64. The van der Waals surface area contributed by atoms with Gasteiger partial charge in [-0.25, -0.2) is 9.97 Å². The lowest BCUT2D eigenvalue weighted by molar-refractivity contribution is -0.116. The number of rotatable bonds is 7. The van der Waals surface area contributed by atoms with E-state index >= 15 is 0 Å². The number of carbonyl (C=O) groups is 1. The van der Waals surface area contributed by atoms with Gasteiger partial charge in [0.05, 0.1) is 17.6 Å². The summed E-state index contributed by atoms with van der Waals surface area (Å²) in [4.78, 5) is 31.6. The minimum atomic E-state index is 0.00263. The molecule has 1 amide bonds. The minimum absolute atomic E-state index is 0.00263. The summed E-state index contributed by atoms with van der Waals surface area (Å²) in [5.41, 5.74) is 6.92. The zero-order chi connectivity index (χ0) is 25.2. The fourth-order valence-corrected chi connectivity index (χ4v) is 5.04. The molecule has 0 spiro atoms. The highest BCUT2D eigenvalue weighted by atomic mass is 16.1. The van der Waals surface area contributed by atoms with E-state index in [0.717, 1.165) is 64.9 Å². The Morgan fingerprint density at radius 2 is 1.86 bits per heavy atom. The van der Waals surface area contributed by atoms with Gasteiger partial charge in [0.15, 0.2) is 5.65 Å². The maximum atomic E-state index is 12.2. The summed E-state index contributed by atoms with van der Waals surface area (Å²) in [6, 6.07) is 8.24. The minimum Gasteiger partial charge on any atom is -0.371 e. The van der Waals surface area contributed by atoms with Crippen molar-refractivity contribution in [3.63, 3.8) is 0 Å². The molecule has 1 saturated heterocycles. The van der Waals surface area contributed by atoms with Crippen molar-refractivity contribution >= 4 is 39.3 Å². The number of unbranched alkanes of at least 4 members (excludes halogenated alkanes) is 1. The second-order valence-corrected chi connectivity index (χ2v) is 9.63. The van der Waals surface area contributed by atoms with Gasteiger partial charge in [0.25, 0.3) is 0 Å². The van der Waals surface area contributed by atoms with Crippen molar-refractivity contribution in [3.8, 4) is 22.5 Å². The molecule has 0 bridgehead atoms. The van der Waals surface area contributed by atoms with Crippen LogP contribution in [-0.2, 0) is 4.79 Å². The van der Waals surface area contributed by atoms with Crippen LogP contribution < -0.4 is 10.2 Å². The molecule has 0 aliphatic carbocycles. The first-order chi connectivity index (χ1) is 18.2. The van der Waals surface area contributed by atoms with Gasteiger partial charge in [0, 0.05) is 65.7 Å². The molecule has 188 valence electrons. The Morgan fingerprint density at radius 1 is 1.00 bits per heavy atom. The number of nitrogens with zero attached hydrogens (tertiary/aromatic N) is 5. The van der Waals surface area contributed by atoms with Crippen LogP contribution in [0.5, 0.6) is 0 Å². The molecule has 0 saturated carbocycles. The Labute approximate surface area is 214 Å². The molecular weight excluding hydrogens is 464 g/mol. The lowest BCUT2D eigenvalue weighted by atomic mass is 10.1. The maximum absolute atomic E-state index is 12.2. The van der Waals surface area contributed by atoms with Gasteiger partial charge < -0.3 is 15.2 Å². The SMILES string of the molecule is CCCCC(=O)Nc1cncc(-c2cnc3[nH]nc(-c4cc5c(N6CCCCC6)ccnc5[nH]4)c3c2)c1. The maximum Gasteiger partial charge on any atom is 0.224 e. The third-order valence-electron chi connectivity index (χ3n) is 6.99. The van der Waals surface area contributed by atoms with Crippen LogP contribution in [0.15, 0.2) is 49.1 Å². The number of aromatic nitrogens is 6. The molecule has 1 aliphatic rings. The van der Waals surface area contributed by atoms with Crippen molar-refractivity contribution in [2.24, 2.45) is 0 Å². The van der Waals surface area contributed by atoms with Crippen LogP contribution in [-0.4, -0.2) is 49.1 Å². The van der Waals surface area contributed by atoms with Crippen molar-refractivity contribution in [2.75, 3.05) is 23.3 Å². The molecule has 6 heterocycles. The van der Waals surface area contributed by atoms with E-state index in [0.29, 0.717) is 17.8 Å². The monoisotopic (exact) mass is 494 g/mol. The standard InChI is InChI=1S/C28H30N8O/c1-2-3-7-25(37)32-20-12-18(15-29-17-20)19-13-22-26(34-35-28(22)31-16-19)23-14-21-24(8-9-30-27(21)33-23)36-10-5-4-6-11-36/h8-9,12-17H,2-7,10-11H2,1H3,(H,30,33)(H,32,37)(H,31,34,35). The van der Waals surface area contributed by atoms with Crippen molar-refractivity contribution in [2.45, 2.75) is 45.4 Å². The predicted molar refractivity (Wildman–Crippen MR) is 146 cm³/mol. The van der Waals surface area contributed by atoms with Gasteiger partial charge in [-0.15, -0.1) is 0 Å². The largest absolute Gasteiger partial charge is 0.371 e. The normalized spacial score (nSPS) is 13.9. The number of aromatic amines is 2. The zero-order valence-corrected chi connectivity index (χ0v) is 20.9. The smallest absolute Gasteiger partial charge is 0.224 e. The number of pyridine rings is 3. The number of H-pyrrole nitrogens is 2. The highest BCUT2D eigenvalue weighted by Gasteiger charge is 2.18. The summed E-state index contributed by atoms with van der Waals surface area (Å²) in [7, 11) is 0. The lowest BCUT2D eigenvalue weighted by Crippen LogP contribution is -2.29. The number of anilines is 2. The Hall–Kier alpha value is -4.27. The van der Waals surface area contributed by atoms with E-state index in [9.17, 15) is 4.79 Å². The first-order valence-electron chi connectivity index (χ1n) is 13.0. The fraction of sp³-hybridized carbons (Fsp3) is 0.321. The summed E-state index contributed by atoms with van der Waals surface area (Å²) >= 11 is 0. The molecule has 0 unspecified atom stereocenters. The molecule has 9 nitrogen and oxygen atoms in total. The Bertz CT molecular complexity index is 1560. The van der Waals surface area contributed by atoms with Gasteiger partial charge in [0.1, 0.15) is 11.3 Å². The average Bonchev–Trinajstić information content (AvgIpc) is 3.56. The second-order valence-electron chi connectivity index (χ2n) is 9.63. The first-order valence-corrected chi connectivity index (χ1v) is 13.0. The van der Waals surface area contributed by atoms with Gasteiger partial charge >= 0.3 is 0 Å². The van der Waals surface area contributed by atoms with Crippen LogP contribution in [0.4, 0.5) is 11.4 Å². The molecule has 9 heteroatoms. The van der Waals surface area contributed by atoms with Crippen molar-refractivity contribution in [1.29, 1.82) is 0 Å². The highest BCUT2D eigenvalue weighted by molar-refractivity contribution is 5.99. The van der Waals surface area contributed by atoms with E-state index in [-0.39, 0.29) is 5.91 Å². The molecule has 1 fully saturated rings. The summed E-state index contributed by atoms with van der Waals surface area (Å²) < 4.78 is 0. The molecule has 6 rings (SSSR count). The summed E-state index contributed by atoms with van der Waals surface area (Å²) in [5.74, 6) is 0.00263. The van der Waals surface area contributed by atoms with Gasteiger partial charge in [-0.05, 0) is 49.9 Å². The topological polar surface area (TPSA) is 115 Å². The van der Waals surface area contributed by atoms with Crippen LogP contribution in [0.2, 0.25) is 0 Å². The molecule has 3 N–H and O–H groups in total. The first kappa shape index (κ1) is 23.1. The van der Waals surface area contributed by atoms with E-state index in [1.807, 2.05) is 12.3 Å². The zero-order valence-electron chi connectivity index (χ0n) is 20.9. The summed E-state index contributed by atoms with van der Waals surface area (Å²) in [6.07, 6.45) is 13.2. The Morgan fingerprint density at radius 3 is 2.73 bits per heavy atom. The molecule has 0 radical (unpaired) electrons. The number of fused-ring (bicyclic) bond motifs is 2. The number of hydrogen-bond acceptors (Lipinski definition) is 6. The molecule has 37 heavy (non-hydrogen) atoms. The average molecular weight is 495 g/mol. The van der Waals surface area contributed by atoms with Crippen LogP contribution in [0.3, 0.4) is 0 Å². The quantitative estimate of drug-likeness (QED) is 0.268. The molecule has 0 aromatic carbocycles. The van der Waals surface area contributed by atoms with Crippen LogP contribution in [0.1, 0.15) is 45.4 Å². The van der Waals surface area contributed by atoms with Gasteiger partial charge in [-0.1, -0.05) is 13.3 Å². The van der Waals surface area contributed by atoms with Crippen LogP contribution >= 0.6 is 0 Å². The molecule has 1 aliphatic heterocycles.